The number of phosphoric acid groups is 1. The zero-order valence-corrected chi connectivity index (χ0v) is 17.4. The van der Waals surface area contributed by atoms with Gasteiger partial charge >= 0.3 is 7.82 Å². The number of ether oxygens (including phenoxy) is 4. The summed E-state index contributed by atoms with van der Waals surface area (Å²) in [6.07, 6.45) is -1.19. The van der Waals surface area contributed by atoms with Crippen LogP contribution in [0.4, 0.5) is 0 Å². The summed E-state index contributed by atoms with van der Waals surface area (Å²) in [4.78, 5) is 10.3. The highest BCUT2D eigenvalue weighted by Gasteiger charge is 2.48. The predicted molar refractivity (Wildman–Crippen MR) is 101 cm³/mol. The molecule has 0 saturated carbocycles. The first-order chi connectivity index (χ1) is 12.2. The van der Waals surface area contributed by atoms with Crippen LogP contribution >= 0.6 is 7.82 Å². The maximum Gasteiger partial charge on any atom is 0.473 e. The molecule has 0 amide bonds. The Morgan fingerprint density at radius 2 is 1.88 bits per heavy atom. The molecule has 11 heteroatoms. The molecule has 7 unspecified atom stereocenters. The summed E-state index contributed by atoms with van der Waals surface area (Å²) in [5.41, 5.74) is 0. The Kier molecular flexibility index (Phi) is 8.19. The van der Waals surface area contributed by atoms with Gasteiger partial charge in [0.25, 0.3) is 0 Å². The van der Waals surface area contributed by atoms with Crippen molar-refractivity contribution in [2.45, 2.75) is 82.2 Å². The van der Waals surface area contributed by atoms with E-state index >= 15 is 0 Å². The van der Waals surface area contributed by atoms with Crippen molar-refractivity contribution >= 4 is 23.5 Å². The van der Waals surface area contributed by atoms with Gasteiger partial charge in [0, 0.05) is 13.1 Å². The quantitative estimate of drug-likeness (QED) is 0.427. The lowest BCUT2D eigenvalue weighted by molar-refractivity contribution is -0.0557. The fourth-order valence-corrected chi connectivity index (χ4v) is 4.70. The molecule has 8 atom stereocenters. The van der Waals surface area contributed by atoms with Gasteiger partial charge in [-0.15, -0.1) is 0 Å². The van der Waals surface area contributed by atoms with E-state index in [2.05, 4.69) is 0 Å². The van der Waals surface area contributed by atoms with Crippen molar-refractivity contribution in [1.29, 1.82) is 0 Å². The molecule has 0 aromatic rings. The number of hydrogen-bond donors (Lipinski definition) is 1. The summed E-state index contributed by atoms with van der Waals surface area (Å²) in [6, 6.07) is -0.303. The van der Waals surface area contributed by atoms with Crippen molar-refractivity contribution in [2.24, 2.45) is 0 Å². The second kappa shape index (κ2) is 9.52. The Labute approximate surface area is 157 Å². The Balaban J connectivity index is 2.04. The van der Waals surface area contributed by atoms with Crippen LogP contribution in [0.25, 0.3) is 0 Å². The van der Waals surface area contributed by atoms with Crippen molar-refractivity contribution in [3.8, 4) is 0 Å². The summed E-state index contributed by atoms with van der Waals surface area (Å²) in [5.74, 6) is 0. The molecule has 2 rings (SSSR count). The Bertz CT molecular complexity index is 496. The van der Waals surface area contributed by atoms with Gasteiger partial charge in [-0.05, 0) is 26.7 Å². The minimum absolute atomic E-state index is 0.00997. The SMILES string of the molecule is BC1CC(OP(=O)(O)O[C@@H]2C(COC(C)C)OC(B)C2OC)C(CC)O1. The van der Waals surface area contributed by atoms with Gasteiger partial charge in [0.2, 0.25) is 0 Å². The molecule has 0 spiro atoms. The topological polar surface area (TPSA) is 92.7 Å². The van der Waals surface area contributed by atoms with Gasteiger partial charge < -0.3 is 23.8 Å². The maximum absolute atomic E-state index is 12.6. The lowest BCUT2D eigenvalue weighted by atomic mass is 9.93. The van der Waals surface area contributed by atoms with Crippen molar-refractivity contribution in [3.05, 3.63) is 0 Å². The van der Waals surface area contributed by atoms with Crippen LogP contribution in [0.2, 0.25) is 0 Å². The fraction of sp³-hybridized carbons (Fsp3) is 1.00. The molecule has 2 aliphatic heterocycles. The molecule has 2 aliphatic rings. The lowest BCUT2D eigenvalue weighted by Gasteiger charge is -2.27. The van der Waals surface area contributed by atoms with Crippen LogP contribution in [0.3, 0.4) is 0 Å². The fourth-order valence-electron chi connectivity index (χ4n) is 3.52. The van der Waals surface area contributed by atoms with E-state index in [-0.39, 0.29) is 30.8 Å². The highest BCUT2D eigenvalue weighted by Crippen LogP contribution is 2.50. The molecule has 0 radical (unpaired) electrons. The van der Waals surface area contributed by atoms with Crippen molar-refractivity contribution in [3.63, 3.8) is 0 Å². The molecule has 2 heterocycles. The Morgan fingerprint density at radius 1 is 1.19 bits per heavy atom. The van der Waals surface area contributed by atoms with Crippen molar-refractivity contribution < 1.29 is 37.5 Å². The van der Waals surface area contributed by atoms with E-state index < -0.39 is 32.2 Å². The summed E-state index contributed by atoms with van der Waals surface area (Å²) in [5, 5.41) is 0. The van der Waals surface area contributed by atoms with Crippen LogP contribution in [0.1, 0.15) is 33.6 Å². The average molecular weight is 392 g/mol. The molecule has 2 saturated heterocycles. The minimum Gasteiger partial charge on any atom is -0.381 e. The van der Waals surface area contributed by atoms with Gasteiger partial charge in [-0.2, -0.15) is 0 Å². The maximum atomic E-state index is 12.6. The molecule has 26 heavy (non-hydrogen) atoms. The third-order valence-electron chi connectivity index (χ3n) is 4.72. The summed E-state index contributed by atoms with van der Waals surface area (Å²) >= 11 is 0. The largest absolute Gasteiger partial charge is 0.473 e. The lowest BCUT2D eigenvalue weighted by Crippen LogP contribution is -2.38. The standard InChI is InChI=1S/C15H31B2O8P/c1-5-9-10(6-12(16)22-9)24-26(18,19)25-13-11(7-21-8(2)3)23-15(17)14(13)20-4/h8-15H,5-7,16-17H2,1-4H3,(H,18,19)/t9?,10?,11?,12?,13-,14?,15?/m1/s1. The van der Waals surface area contributed by atoms with Crippen LogP contribution in [-0.2, 0) is 32.6 Å². The number of methoxy groups -OCH3 is 1. The molecule has 0 aromatic heterocycles. The number of rotatable bonds is 9. The molecule has 8 nitrogen and oxygen atoms in total. The Hall–Kier alpha value is 0.0799. The van der Waals surface area contributed by atoms with E-state index in [1.165, 1.54) is 7.11 Å². The van der Waals surface area contributed by atoms with Crippen LogP contribution in [-0.4, -0.2) is 82.9 Å². The van der Waals surface area contributed by atoms with Crippen LogP contribution in [0.15, 0.2) is 0 Å². The number of hydrogen-bond acceptors (Lipinski definition) is 7. The summed E-state index contributed by atoms with van der Waals surface area (Å²) in [7, 11) is 0.952. The first-order valence-electron chi connectivity index (χ1n) is 9.31. The van der Waals surface area contributed by atoms with Crippen LogP contribution < -0.4 is 0 Å². The van der Waals surface area contributed by atoms with E-state index in [9.17, 15) is 9.46 Å². The van der Waals surface area contributed by atoms with E-state index in [4.69, 9.17) is 28.0 Å². The van der Waals surface area contributed by atoms with E-state index in [1.807, 2.05) is 36.5 Å². The predicted octanol–water partition coefficient (Wildman–Crippen LogP) is -0.187. The molecular formula is C15H31B2O8P. The van der Waals surface area contributed by atoms with E-state index in [1.54, 1.807) is 0 Å². The average Bonchev–Trinajstić information content (AvgIpc) is 3.03. The highest BCUT2D eigenvalue weighted by atomic mass is 31.2. The van der Waals surface area contributed by atoms with Gasteiger partial charge in [0.05, 0.1) is 30.9 Å². The highest BCUT2D eigenvalue weighted by molar-refractivity contribution is 7.47. The van der Waals surface area contributed by atoms with E-state index in [0.29, 0.717) is 12.8 Å². The molecule has 1 N–H and O–H groups in total. The smallest absolute Gasteiger partial charge is 0.381 e. The third kappa shape index (κ3) is 5.79. The monoisotopic (exact) mass is 392 g/mol. The third-order valence-corrected chi connectivity index (χ3v) is 5.77. The van der Waals surface area contributed by atoms with Gasteiger partial charge in [-0.3, -0.25) is 9.05 Å². The van der Waals surface area contributed by atoms with Crippen molar-refractivity contribution in [2.75, 3.05) is 13.7 Å². The molecule has 0 aromatic carbocycles. The second-order valence-corrected chi connectivity index (χ2v) is 8.63. The van der Waals surface area contributed by atoms with Gasteiger partial charge in [0.1, 0.15) is 34.0 Å². The normalized spacial score (nSPS) is 40.2. The molecule has 0 bridgehead atoms. The Morgan fingerprint density at radius 3 is 2.46 bits per heavy atom. The van der Waals surface area contributed by atoms with Crippen LogP contribution in [0.5, 0.6) is 0 Å². The molecule has 0 aliphatic carbocycles. The zero-order valence-electron chi connectivity index (χ0n) is 16.5. The van der Waals surface area contributed by atoms with Gasteiger partial charge in [0.15, 0.2) is 0 Å². The first kappa shape index (κ1) is 22.4. The summed E-state index contributed by atoms with van der Waals surface area (Å²) in [6.45, 7) is 6.02. The zero-order chi connectivity index (χ0) is 19.5. The molecule has 150 valence electrons. The minimum atomic E-state index is -4.33. The molecular weight excluding hydrogens is 361 g/mol. The molecule has 2 fully saturated rings. The first-order valence-corrected chi connectivity index (χ1v) is 10.8. The number of phosphoric ester groups is 1. The summed E-state index contributed by atoms with van der Waals surface area (Å²) < 4.78 is 46.2. The van der Waals surface area contributed by atoms with Crippen LogP contribution in [0, 0.1) is 0 Å². The second-order valence-electron chi connectivity index (χ2n) is 7.27. The van der Waals surface area contributed by atoms with Gasteiger partial charge in [-0.25, -0.2) is 4.57 Å². The van der Waals surface area contributed by atoms with E-state index in [0.717, 1.165) is 0 Å². The van der Waals surface area contributed by atoms with Gasteiger partial charge in [-0.1, -0.05) is 6.92 Å². The van der Waals surface area contributed by atoms with Crippen molar-refractivity contribution in [1.82, 2.24) is 0 Å².